The van der Waals surface area contributed by atoms with Gasteiger partial charge in [-0.15, -0.1) is 0 Å². The van der Waals surface area contributed by atoms with Crippen molar-refractivity contribution in [3.05, 3.63) is 11.6 Å². The molecule has 0 aromatic heterocycles. The highest BCUT2D eigenvalue weighted by Crippen LogP contribution is 2.74. The minimum atomic E-state index is -0.719. The number of carbonyl (C=O) groups is 1. The first-order valence-electron chi connectivity index (χ1n) is 13.5. The van der Waals surface area contributed by atoms with Gasteiger partial charge in [-0.1, -0.05) is 46.3 Å². The highest BCUT2D eigenvalue weighted by molar-refractivity contribution is 5.76. The lowest BCUT2D eigenvalue weighted by atomic mass is 9.35. The first kappa shape index (κ1) is 23.9. The highest BCUT2D eigenvalue weighted by atomic mass is 16.4. The summed E-state index contributed by atoms with van der Waals surface area (Å²) in [5, 5.41) is 33.2. The van der Waals surface area contributed by atoms with Gasteiger partial charge in [0, 0.05) is 5.41 Å². The minimum Gasteiger partial charge on any atom is -0.481 e. The molecule has 0 heterocycles. The van der Waals surface area contributed by atoms with Crippen molar-refractivity contribution in [1.29, 1.82) is 0 Å². The molecule has 9 atom stereocenters. The average molecular weight is 459 g/mol. The van der Waals surface area contributed by atoms with Crippen LogP contribution in [0.1, 0.15) is 106 Å². The molecule has 0 radical (unpaired) electrons. The van der Waals surface area contributed by atoms with Crippen LogP contribution in [-0.4, -0.2) is 33.0 Å². The molecule has 0 spiro atoms. The number of aliphatic hydroxyl groups excluding tert-OH is 1. The predicted octanol–water partition coefficient (Wildman–Crippen LogP) is 5.96. The van der Waals surface area contributed by atoms with Crippen molar-refractivity contribution in [1.82, 2.24) is 0 Å². The van der Waals surface area contributed by atoms with E-state index in [-0.39, 0.29) is 39.6 Å². The van der Waals surface area contributed by atoms with E-state index in [1.54, 1.807) is 0 Å². The lowest BCUT2D eigenvalue weighted by molar-refractivity contribution is -0.226. The Labute approximate surface area is 200 Å². The summed E-state index contributed by atoms with van der Waals surface area (Å²) in [5.74, 6) is 0.000961. The van der Waals surface area contributed by atoms with Gasteiger partial charge in [-0.2, -0.15) is 0 Å². The van der Waals surface area contributed by atoms with E-state index >= 15 is 0 Å². The van der Waals surface area contributed by atoms with E-state index in [1.807, 2.05) is 6.92 Å². The molecule has 4 saturated carbocycles. The van der Waals surface area contributed by atoms with Crippen molar-refractivity contribution in [2.24, 2.45) is 44.8 Å². The molecule has 5 aliphatic carbocycles. The van der Waals surface area contributed by atoms with E-state index in [9.17, 15) is 20.1 Å². The van der Waals surface area contributed by atoms with Crippen LogP contribution in [-0.2, 0) is 4.79 Å². The van der Waals surface area contributed by atoms with Crippen LogP contribution in [0.25, 0.3) is 0 Å². The number of carboxylic acids is 1. The van der Waals surface area contributed by atoms with Crippen LogP contribution in [0, 0.1) is 44.8 Å². The number of hydrogen-bond donors (Lipinski definition) is 3. The standard InChI is InChI=1S/C29H46O4/c1-24(2)15-16-29(23(31)32)14-9-18-25(3)12-8-20-27(5,33)13-10-22(30)28(20,6)19(25)7-11-26(18,4)21(29)17-24/h9,19-22,30,33H,7-8,10-17H2,1-6H3,(H,31,32)/t19-,20-,21-,22+,25-,26+,27-,28+,29+/m0/s1. The number of hydrogen-bond acceptors (Lipinski definition) is 3. The Hall–Kier alpha value is -0.870. The highest BCUT2D eigenvalue weighted by Gasteiger charge is 2.69. The normalized spacial score (nSPS) is 55.3. The maximum absolute atomic E-state index is 12.8. The van der Waals surface area contributed by atoms with Crippen LogP contribution < -0.4 is 0 Å². The number of carboxylic acid groups (broad SMARTS) is 1. The van der Waals surface area contributed by atoms with Gasteiger partial charge in [-0.25, -0.2) is 0 Å². The van der Waals surface area contributed by atoms with Gasteiger partial charge < -0.3 is 15.3 Å². The Balaban J connectivity index is 1.61. The minimum absolute atomic E-state index is 0.0428. The van der Waals surface area contributed by atoms with Gasteiger partial charge >= 0.3 is 5.97 Å². The largest absolute Gasteiger partial charge is 0.481 e. The van der Waals surface area contributed by atoms with E-state index in [4.69, 9.17) is 0 Å². The zero-order chi connectivity index (χ0) is 24.2. The zero-order valence-electron chi connectivity index (χ0n) is 21.7. The number of rotatable bonds is 1. The lowest BCUT2D eigenvalue weighted by Gasteiger charge is -2.70. The number of aliphatic carboxylic acids is 1. The van der Waals surface area contributed by atoms with Gasteiger partial charge in [-0.05, 0) is 105 Å². The molecule has 4 fully saturated rings. The molecule has 0 aromatic carbocycles. The number of fused-ring (bicyclic) bond motifs is 7. The molecule has 0 bridgehead atoms. The molecule has 33 heavy (non-hydrogen) atoms. The second-order valence-corrected chi connectivity index (χ2v) is 14.5. The second kappa shape index (κ2) is 6.87. The van der Waals surface area contributed by atoms with Crippen molar-refractivity contribution in [2.45, 2.75) is 117 Å². The summed E-state index contributed by atoms with van der Waals surface area (Å²) < 4.78 is 0. The first-order valence-corrected chi connectivity index (χ1v) is 13.5. The van der Waals surface area contributed by atoms with Gasteiger partial charge in [0.15, 0.2) is 0 Å². The Morgan fingerprint density at radius 1 is 0.848 bits per heavy atom. The third-order valence-corrected chi connectivity index (χ3v) is 12.3. The molecule has 186 valence electrons. The molecule has 4 nitrogen and oxygen atoms in total. The molecular weight excluding hydrogens is 412 g/mol. The summed E-state index contributed by atoms with van der Waals surface area (Å²) >= 11 is 0. The van der Waals surface area contributed by atoms with Crippen molar-refractivity contribution in [3.8, 4) is 0 Å². The Morgan fingerprint density at radius 3 is 2.09 bits per heavy atom. The van der Waals surface area contributed by atoms with Gasteiger partial charge in [0.1, 0.15) is 0 Å². The molecule has 0 saturated heterocycles. The van der Waals surface area contributed by atoms with Gasteiger partial charge in [0.25, 0.3) is 0 Å². The summed E-state index contributed by atoms with van der Waals surface area (Å²) in [4.78, 5) is 12.8. The summed E-state index contributed by atoms with van der Waals surface area (Å²) in [6, 6.07) is 0. The third kappa shape index (κ3) is 2.92. The smallest absolute Gasteiger partial charge is 0.310 e. The fraction of sp³-hybridized carbons (Fsp3) is 0.897. The quantitative estimate of drug-likeness (QED) is 0.424. The maximum atomic E-state index is 12.8. The van der Waals surface area contributed by atoms with Gasteiger partial charge in [0.2, 0.25) is 0 Å². The summed E-state index contributed by atoms with van der Waals surface area (Å²) in [6.07, 6.45) is 10.7. The molecule has 0 aliphatic heterocycles. The summed E-state index contributed by atoms with van der Waals surface area (Å²) in [6.45, 7) is 13.7. The average Bonchev–Trinajstić information content (AvgIpc) is 2.70. The van der Waals surface area contributed by atoms with E-state index in [1.165, 1.54) is 5.57 Å². The Kier molecular flexibility index (Phi) is 4.97. The zero-order valence-corrected chi connectivity index (χ0v) is 21.7. The van der Waals surface area contributed by atoms with Crippen LogP contribution >= 0.6 is 0 Å². The van der Waals surface area contributed by atoms with Crippen molar-refractivity contribution >= 4 is 5.97 Å². The fourth-order valence-electron chi connectivity index (χ4n) is 10.5. The molecule has 3 N–H and O–H groups in total. The third-order valence-electron chi connectivity index (χ3n) is 12.3. The number of allylic oxidation sites excluding steroid dienone is 2. The lowest BCUT2D eigenvalue weighted by Crippen LogP contribution is -2.66. The Morgan fingerprint density at radius 2 is 1.45 bits per heavy atom. The monoisotopic (exact) mass is 458 g/mol. The topological polar surface area (TPSA) is 77.8 Å². The molecule has 5 aliphatic rings. The van der Waals surface area contributed by atoms with E-state index in [0.717, 1.165) is 44.9 Å². The first-order chi connectivity index (χ1) is 15.1. The Bertz CT molecular complexity index is 888. The molecule has 0 amide bonds. The molecule has 5 rings (SSSR count). The van der Waals surface area contributed by atoms with Crippen LogP contribution in [0.3, 0.4) is 0 Å². The fourth-order valence-corrected chi connectivity index (χ4v) is 10.5. The SMILES string of the molecule is CC1(C)CC[C@]2(C(=O)O)CC=C3[C@]4(C)CC[C@@H]5[C@](C)([C@H](O)CC[C@]5(C)O)[C@H]4CC[C@@]3(C)[C@@H]2C1. The summed E-state index contributed by atoms with van der Waals surface area (Å²) in [5.41, 5.74) is -0.139. The molecule has 4 heteroatoms. The van der Waals surface area contributed by atoms with Crippen molar-refractivity contribution in [3.63, 3.8) is 0 Å². The van der Waals surface area contributed by atoms with E-state index < -0.39 is 17.0 Å². The van der Waals surface area contributed by atoms with Crippen molar-refractivity contribution < 1.29 is 20.1 Å². The maximum Gasteiger partial charge on any atom is 0.310 e. The van der Waals surface area contributed by atoms with Gasteiger partial charge in [0.05, 0.1) is 17.1 Å². The summed E-state index contributed by atoms with van der Waals surface area (Å²) in [7, 11) is 0. The van der Waals surface area contributed by atoms with Crippen LogP contribution in [0.4, 0.5) is 0 Å². The molecule has 0 aromatic rings. The number of aliphatic hydroxyl groups is 2. The van der Waals surface area contributed by atoms with Crippen molar-refractivity contribution in [2.75, 3.05) is 0 Å². The van der Waals surface area contributed by atoms with E-state index in [0.29, 0.717) is 25.2 Å². The van der Waals surface area contributed by atoms with Crippen LogP contribution in [0.2, 0.25) is 0 Å². The second-order valence-electron chi connectivity index (χ2n) is 14.5. The van der Waals surface area contributed by atoms with Gasteiger partial charge in [-0.3, -0.25) is 4.79 Å². The van der Waals surface area contributed by atoms with Crippen LogP contribution in [0.15, 0.2) is 11.6 Å². The molecule has 0 unspecified atom stereocenters. The molecular formula is C29H46O4. The van der Waals surface area contributed by atoms with Crippen LogP contribution in [0.5, 0.6) is 0 Å². The van der Waals surface area contributed by atoms with E-state index in [2.05, 4.69) is 40.7 Å². The predicted molar refractivity (Wildman–Crippen MR) is 130 cm³/mol.